The molecule has 1 spiro atoms. The Balaban J connectivity index is 1.46. The normalized spacial score (nSPS) is 19.3. The fourth-order valence-electron chi connectivity index (χ4n) is 6.81. The van der Waals surface area contributed by atoms with Crippen molar-refractivity contribution in [3.8, 4) is 5.88 Å². The van der Waals surface area contributed by atoms with E-state index in [0.29, 0.717) is 32.6 Å². The second-order valence-electron chi connectivity index (χ2n) is 13.2. The maximum atomic E-state index is 12.8. The van der Waals surface area contributed by atoms with Crippen LogP contribution >= 0.6 is 10.8 Å². The highest BCUT2D eigenvalue weighted by molar-refractivity contribution is 8.22. The van der Waals surface area contributed by atoms with Gasteiger partial charge in [-0.15, -0.1) is 15.9 Å². The number of nitrogens with zero attached hydrogens (tertiary/aromatic N) is 5. The van der Waals surface area contributed by atoms with Crippen molar-refractivity contribution in [1.82, 2.24) is 24.3 Å². The van der Waals surface area contributed by atoms with Gasteiger partial charge in [-0.05, 0) is 87.1 Å². The summed E-state index contributed by atoms with van der Waals surface area (Å²) in [5.74, 6) is -1.20. The number of carboxylic acid groups (broad SMARTS) is 1. The van der Waals surface area contributed by atoms with Crippen LogP contribution in [-0.4, -0.2) is 69.8 Å². The predicted molar refractivity (Wildman–Crippen MR) is 176 cm³/mol. The Hall–Kier alpha value is -3.55. The van der Waals surface area contributed by atoms with Gasteiger partial charge in [0, 0.05) is 38.0 Å². The van der Waals surface area contributed by atoms with Gasteiger partial charge in [0.1, 0.15) is 16.0 Å². The van der Waals surface area contributed by atoms with Crippen molar-refractivity contribution in [1.29, 1.82) is 0 Å². The Kier molecular flexibility index (Phi) is 8.39. The van der Waals surface area contributed by atoms with Crippen LogP contribution in [0.4, 0.5) is 0 Å². The number of ether oxygens (including phenoxy) is 2. The van der Waals surface area contributed by atoms with Gasteiger partial charge in [0.25, 0.3) is 0 Å². The van der Waals surface area contributed by atoms with Crippen LogP contribution in [0.1, 0.15) is 72.9 Å². The highest BCUT2D eigenvalue weighted by atomic mass is 32.3. The highest BCUT2D eigenvalue weighted by Gasteiger charge is 2.46. The maximum Gasteiger partial charge on any atom is 0.310 e. The summed E-state index contributed by atoms with van der Waals surface area (Å²) in [5.41, 5.74) is 4.97. The molecule has 0 radical (unpaired) electrons. The zero-order valence-corrected chi connectivity index (χ0v) is 28.1. The summed E-state index contributed by atoms with van der Waals surface area (Å²) < 4.78 is 39.5. The van der Waals surface area contributed by atoms with Crippen molar-refractivity contribution < 1.29 is 28.5 Å². The number of carboxylic acids is 1. The fraction of sp³-hybridized carbons (Fsp3) is 0.471. The lowest BCUT2D eigenvalue weighted by atomic mass is 9.69. The van der Waals surface area contributed by atoms with Gasteiger partial charge in [0.05, 0.1) is 30.7 Å². The minimum atomic E-state index is -3.50. The molecular formula is C34H43N5O6S. The molecule has 3 N–H and O–H groups in total. The summed E-state index contributed by atoms with van der Waals surface area (Å²) in [6.07, 6.45) is 2.86. The number of pyridine rings is 1. The molecule has 46 heavy (non-hydrogen) atoms. The molecule has 6 rings (SSSR count). The van der Waals surface area contributed by atoms with E-state index >= 15 is 0 Å². The number of rotatable bonds is 7. The van der Waals surface area contributed by atoms with Gasteiger partial charge < -0.3 is 14.6 Å². The molecule has 0 saturated carbocycles. The Bertz CT molecular complexity index is 1800. The van der Waals surface area contributed by atoms with Gasteiger partial charge in [-0.2, -0.15) is 4.31 Å². The first-order valence-electron chi connectivity index (χ1n) is 15.7. The Morgan fingerprint density at radius 3 is 2.54 bits per heavy atom. The van der Waals surface area contributed by atoms with Gasteiger partial charge in [0.15, 0.2) is 0 Å². The van der Waals surface area contributed by atoms with Crippen LogP contribution in [0.2, 0.25) is 0 Å². The van der Waals surface area contributed by atoms with E-state index in [0.717, 1.165) is 44.4 Å². The van der Waals surface area contributed by atoms with E-state index < -0.39 is 33.7 Å². The van der Waals surface area contributed by atoms with E-state index in [4.69, 9.17) is 9.47 Å². The smallest absolute Gasteiger partial charge is 0.310 e. The number of aromatic nitrogens is 4. The number of hydrogen-bond acceptors (Lipinski definition) is 9. The number of aryl methyl sites for hydroxylation is 4. The number of hydrogen-bond donors (Lipinski definition) is 3. The first-order valence-corrected chi connectivity index (χ1v) is 17.2. The lowest BCUT2D eigenvalue weighted by Gasteiger charge is -2.44. The van der Waals surface area contributed by atoms with Crippen molar-refractivity contribution in [2.24, 2.45) is 5.41 Å². The van der Waals surface area contributed by atoms with Crippen molar-refractivity contribution in [2.75, 3.05) is 19.8 Å². The minimum Gasteiger partial charge on any atom is -0.481 e. The summed E-state index contributed by atoms with van der Waals surface area (Å²) in [5, 5.41) is 19.2. The fourth-order valence-corrected chi connectivity index (χ4v) is 8.49. The second kappa shape index (κ2) is 11.9. The third-order valence-corrected chi connectivity index (χ3v) is 11.6. The van der Waals surface area contributed by atoms with Crippen molar-refractivity contribution in [2.45, 2.75) is 83.9 Å². The third-order valence-electron chi connectivity index (χ3n) is 9.71. The molecule has 0 bridgehead atoms. The lowest BCUT2D eigenvalue weighted by Crippen LogP contribution is -2.49. The molecule has 1 saturated heterocycles. The van der Waals surface area contributed by atoms with E-state index in [1.807, 2.05) is 62.7 Å². The summed E-state index contributed by atoms with van der Waals surface area (Å²) in [6.45, 7) is 13.5. The maximum absolute atomic E-state index is 12.8. The largest absolute Gasteiger partial charge is 0.481 e. The summed E-state index contributed by atoms with van der Waals surface area (Å²) >= 11 is 0. The van der Waals surface area contributed by atoms with E-state index in [1.54, 1.807) is 30.4 Å². The van der Waals surface area contributed by atoms with Crippen LogP contribution in [0.3, 0.4) is 0 Å². The van der Waals surface area contributed by atoms with E-state index in [9.17, 15) is 19.0 Å². The SMILES string of the molecule is CCn1nnc2c(C)c(C(c3ccc(C)c(CN4CC5(CCOCC5)Oc5ncc(C)cc5S4(O)O)c3)C(C)(C)C(=O)O)ccc21. The number of fused-ring (bicyclic) bond motifs is 2. The van der Waals surface area contributed by atoms with Crippen LogP contribution in [0, 0.1) is 26.2 Å². The molecule has 4 aromatic rings. The van der Waals surface area contributed by atoms with Gasteiger partial charge in [0.2, 0.25) is 5.88 Å². The van der Waals surface area contributed by atoms with E-state index in [-0.39, 0.29) is 23.9 Å². The highest BCUT2D eigenvalue weighted by Crippen LogP contribution is 2.59. The Morgan fingerprint density at radius 1 is 1.11 bits per heavy atom. The molecule has 0 amide bonds. The zero-order chi connectivity index (χ0) is 33.0. The molecule has 1 unspecified atom stereocenters. The van der Waals surface area contributed by atoms with Crippen molar-refractivity contribution in [3.05, 3.63) is 76.0 Å². The van der Waals surface area contributed by atoms with Crippen LogP contribution < -0.4 is 4.74 Å². The first kappa shape index (κ1) is 32.4. The van der Waals surface area contributed by atoms with Crippen LogP contribution in [0.5, 0.6) is 5.88 Å². The predicted octanol–water partition coefficient (Wildman–Crippen LogP) is 6.48. The van der Waals surface area contributed by atoms with E-state index in [2.05, 4.69) is 15.3 Å². The molecule has 4 heterocycles. The quantitative estimate of drug-likeness (QED) is 0.203. The summed E-state index contributed by atoms with van der Waals surface area (Å²) in [4.78, 5) is 17.6. The minimum absolute atomic E-state index is 0.213. The molecule has 0 aliphatic carbocycles. The first-order chi connectivity index (χ1) is 21.8. The standard InChI is InChI=1S/C34H43N5O6S/c1-7-39-27-11-10-26(23(4)30(27)36-37-39)29(33(5,6)32(40)41)24-9-8-22(3)25(17-24)19-38-20-34(12-14-44-15-13-34)45-31-28(46(38,42)43)16-21(2)18-35-31/h8-11,16-18,29,42-43H,7,12-15,19-20H2,1-6H3,(H,40,41). The molecule has 246 valence electrons. The van der Waals surface area contributed by atoms with Crippen molar-refractivity contribution >= 4 is 27.8 Å². The summed E-state index contributed by atoms with van der Waals surface area (Å²) in [7, 11) is -3.50. The Morgan fingerprint density at radius 2 is 1.85 bits per heavy atom. The van der Waals surface area contributed by atoms with Gasteiger partial charge >= 0.3 is 5.97 Å². The van der Waals surface area contributed by atoms with Gasteiger partial charge in [-0.3, -0.25) is 13.9 Å². The lowest BCUT2D eigenvalue weighted by molar-refractivity contribution is -0.147. The monoisotopic (exact) mass is 649 g/mol. The second-order valence-corrected chi connectivity index (χ2v) is 15.2. The number of aliphatic carboxylic acids is 1. The molecule has 2 aromatic carbocycles. The molecule has 2 aromatic heterocycles. The molecule has 2 aliphatic rings. The van der Waals surface area contributed by atoms with Crippen LogP contribution in [0.25, 0.3) is 11.0 Å². The number of benzene rings is 2. The van der Waals surface area contributed by atoms with Crippen LogP contribution in [0.15, 0.2) is 47.5 Å². The Labute approximate surface area is 271 Å². The molecule has 11 nitrogen and oxygen atoms in total. The van der Waals surface area contributed by atoms with Gasteiger partial charge in [-0.1, -0.05) is 29.5 Å². The molecule has 2 aliphatic heterocycles. The topological polar surface area (TPSA) is 143 Å². The average Bonchev–Trinajstić information content (AvgIpc) is 3.41. The van der Waals surface area contributed by atoms with E-state index in [1.165, 1.54) is 0 Å². The molecule has 12 heteroatoms. The summed E-state index contributed by atoms with van der Waals surface area (Å²) in [6, 6.07) is 11.7. The molecular weight excluding hydrogens is 606 g/mol. The van der Waals surface area contributed by atoms with Gasteiger partial charge in [-0.25, -0.2) is 9.67 Å². The number of carbonyl (C=O) groups is 1. The third kappa shape index (κ3) is 5.56. The molecule has 1 atom stereocenters. The zero-order valence-electron chi connectivity index (χ0n) is 27.3. The molecule has 1 fully saturated rings. The van der Waals surface area contributed by atoms with Crippen LogP contribution in [-0.2, 0) is 22.6 Å². The van der Waals surface area contributed by atoms with Crippen molar-refractivity contribution in [3.63, 3.8) is 0 Å². The average molecular weight is 650 g/mol.